The van der Waals surface area contributed by atoms with Gasteiger partial charge in [0, 0.05) is 5.56 Å². The van der Waals surface area contributed by atoms with Crippen LogP contribution in [-0.4, -0.2) is 18.6 Å². The zero-order chi connectivity index (χ0) is 13.5. The third kappa shape index (κ3) is 3.74. The number of nitrogens with one attached hydrogen (secondary N) is 1. The second kappa shape index (κ2) is 7.01. The van der Waals surface area contributed by atoms with Gasteiger partial charge in [-0.1, -0.05) is 25.1 Å². The monoisotopic (exact) mass is 250 g/mol. The van der Waals surface area contributed by atoms with E-state index in [-0.39, 0.29) is 11.9 Å². The first-order valence-corrected chi connectivity index (χ1v) is 6.37. The SMILES string of the molecule is CCOc1ccccc1C(CC)NC(=O)[C@@H](C)N. The number of amides is 1. The highest BCUT2D eigenvalue weighted by molar-refractivity contribution is 5.81. The van der Waals surface area contributed by atoms with Crippen molar-refractivity contribution in [2.75, 3.05) is 6.61 Å². The Morgan fingerprint density at radius 2 is 2.06 bits per heavy atom. The normalized spacial score (nSPS) is 13.8. The van der Waals surface area contributed by atoms with Crippen molar-refractivity contribution in [2.24, 2.45) is 5.73 Å². The molecule has 18 heavy (non-hydrogen) atoms. The van der Waals surface area contributed by atoms with Crippen molar-refractivity contribution in [3.63, 3.8) is 0 Å². The van der Waals surface area contributed by atoms with E-state index in [1.165, 1.54) is 0 Å². The van der Waals surface area contributed by atoms with Crippen molar-refractivity contribution in [3.05, 3.63) is 29.8 Å². The van der Waals surface area contributed by atoms with E-state index < -0.39 is 6.04 Å². The Morgan fingerprint density at radius 1 is 1.39 bits per heavy atom. The van der Waals surface area contributed by atoms with Gasteiger partial charge in [-0.2, -0.15) is 0 Å². The molecule has 0 aliphatic heterocycles. The summed E-state index contributed by atoms with van der Waals surface area (Å²) in [6, 6.07) is 7.19. The fourth-order valence-corrected chi connectivity index (χ4v) is 1.76. The van der Waals surface area contributed by atoms with Gasteiger partial charge in [0.2, 0.25) is 5.91 Å². The zero-order valence-electron chi connectivity index (χ0n) is 11.3. The molecular weight excluding hydrogens is 228 g/mol. The highest BCUT2D eigenvalue weighted by atomic mass is 16.5. The molecule has 4 heteroatoms. The van der Waals surface area contributed by atoms with Crippen molar-refractivity contribution in [1.29, 1.82) is 0 Å². The Balaban J connectivity index is 2.90. The van der Waals surface area contributed by atoms with Crippen LogP contribution >= 0.6 is 0 Å². The number of para-hydroxylation sites is 1. The van der Waals surface area contributed by atoms with Crippen LogP contribution in [0.5, 0.6) is 5.75 Å². The third-order valence-corrected chi connectivity index (χ3v) is 2.73. The summed E-state index contributed by atoms with van der Waals surface area (Å²) in [5, 5.41) is 2.94. The van der Waals surface area contributed by atoms with E-state index in [9.17, 15) is 4.79 Å². The van der Waals surface area contributed by atoms with E-state index >= 15 is 0 Å². The summed E-state index contributed by atoms with van der Waals surface area (Å²) in [6.07, 6.45) is 0.794. The van der Waals surface area contributed by atoms with Crippen LogP contribution in [0, 0.1) is 0 Å². The first-order chi connectivity index (χ1) is 8.60. The van der Waals surface area contributed by atoms with E-state index in [2.05, 4.69) is 5.32 Å². The van der Waals surface area contributed by atoms with Gasteiger partial charge in [0.1, 0.15) is 5.75 Å². The predicted molar refractivity (Wildman–Crippen MR) is 72.4 cm³/mol. The van der Waals surface area contributed by atoms with Gasteiger partial charge in [-0.05, 0) is 26.3 Å². The molecule has 100 valence electrons. The van der Waals surface area contributed by atoms with Gasteiger partial charge >= 0.3 is 0 Å². The largest absolute Gasteiger partial charge is 0.494 e. The molecule has 1 aromatic carbocycles. The molecule has 0 fully saturated rings. The lowest BCUT2D eigenvalue weighted by atomic mass is 10.0. The Morgan fingerprint density at radius 3 is 2.61 bits per heavy atom. The van der Waals surface area contributed by atoms with Crippen molar-refractivity contribution >= 4 is 5.91 Å². The molecule has 0 spiro atoms. The van der Waals surface area contributed by atoms with Gasteiger partial charge in [0.25, 0.3) is 0 Å². The smallest absolute Gasteiger partial charge is 0.237 e. The molecule has 4 nitrogen and oxygen atoms in total. The first-order valence-electron chi connectivity index (χ1n) is 6.37. The second-order valence-corrected chi connectivity index (χ2v) is 4.23. The molecule has 0 aliphatic carbocycles. The summed E-state index contributed by atoms with van der Waals surface area (Å²) in [4.78, 5) is 11.7. The molecule has 3 N–H and O–H groups in total. The molecule has 1 amide bonds. The van der Waals surface area contributed by atoms with E-state index in [0.717, 1.165) is 17.7 Å². The highest BCUT2D eigenvalue weighted by Gasteiger charge is 2.18. The minimum absolute atomic E-state index is 0.0637. The van der Waals surface area contributed by atoms with Gasteiger partial charge < -0.3 is 15.8 Å². The molecule has 0 aromatic heterocycles. The Hall–Kier alpha value is -1.55. The molecule has 0 bridgehead atoms. The van der Waals surface area contributed by atoms with Crippen LogP contribution in [0.1, 0.15) is 38.8 Å². The van der Waals surface area contributed by atoms with Crippen LogP contribution < -0.4 is 15.8 Å². The van der Waals surface area contributed by atoms with Crippen molar-refractivity contribution < 1.29 is 9.53 Å². The van der Waals surface area contributed by atoms with Gasteiger partial charge in [-0.25, -0.2) is 0 Å². The van der Waals surface area contributed by atoms with Crippen LogP contribution in [0.15, 0.2) is 24.3 Å². The topological polar surface area (TPSA) is 64.3 Å². The van der Waals surface area contributed by atoms with Crippen LogP contribution in [0.25, 0.3) is 0 Å². The number of rotatable bonds is 6. The molecule has 0 saturated heterocycles. The Labute approximate surface area is 109 Å². The number of hydrogen-bond acceptors (Lipinski definition) is 3. The summed E-state index contributed by atoms with van der Waals surface area (Å²) in [6.45, 7) is 6.25. The van der Waals surface area contributed by atoms with Crippen molar-refractivity contribution in [1.82, 2.24) is 5.32 Å². The minimum Gasteiger partial charge on any atom is -0.494 e. The summed E-state index contributed by atoms with van der Waals surface area (Å²) < 4.78 is 5.58. The lowest BCUT2D eigenvalue weighted by molar-refractivity contribution is -0.122. The van der Waals surface area contributed by atoms with Crippen molar-refractivity contribution in [3.8, 4) is 5.75 Å². The fourth-order valence-electron chi connectivity index (χ4n) is 1.76. The maximum Gasteiger partial charge on any atom is 0.237 e. The Bertz CT molecular complexity index is 391. The lowest BCUT2D eigenvalue weighted by Crippen LogP contribution is -2.40. The van der Waals surface area contributed by atoms with Crippen LogP contribution in [-0.2, 0) is 4.79 Å². The van der Waals surface area contributed by atoms with Gasteiger partial charge in [0.15, 0.2) is 0 Å². The van der Waals surface area contributed by atoms with E-state index in [1.54, 1.807) is 6.92 Å². The fraction of sp³-hybridized carbons (Fsp3) is 0.500. The molecule has 1 unspecified atom stereocenters. The van der Waals surface area contributed by atoms with Crippen LogP contribution in [0.3, 0.4) is 0 Å². The zero-order valence-corrected chi connectivity index (χ0v) is 11.3. The highest BCUT2D eigenvalue weighted by Crippen LogP contribution is 2.27. The quantitative estimate of drug-likeness (QED) is 0.811. The first kappa shape index (κ1) is 14.5. The summed E-state index contributed by atoms with van der Waals surface area (Å²) in [5.74, 6) is 0.671. The molecular formula is C14H22N2O2. The number of hydrogen-bond donors (Lipinski definition) is 2. The number of nitrogens with two attached hydrogens (primary N) is 1. The second-order valence-electron chi connectivity index (χ2n) is 4.23. The molecule has 1 rings (SSSR count). The Kier molecular flexibility index (Phi) is 5.65. The summed E-state index contributed by atoms with van der Waals surface area (Å²) in [7, 11) is 0. The third-order valence-electron chi connectivity index (χ3n) is 2.73. The lowest BCUT2D eigenvalue weighted by Gasteiger charge is -2.21. The van der Waals surface area contributed by atoms with Gasteiger partial charge in [0.05, 0.1) is 18.7 Å². The molecule has 0 radical (unpaired) electrons. The van der Waals surface area contributed by atoms with Crippen LogP contribution in [0.4, 0.5) is 0 Å². The predicted octanol–water partition coefficient (Wildman–Crippen LogP) is 2.00. The molecule has 2 atom stereocenters. The number of carbonyl (C=O) groups is 1. The average Bonchev–Trinajstić information content (AvgIpc) is 2.37. The molecule has 0 aliphatic rings. The summed E-state index contributed by atoms with van der Waals surface area (Å²) in [5.41, 5.74) is 6.57. The number of carbonyl (C=O) groups excluding carboxylic acids is 1. The molecule has 0 heterocycles. The van der Waals surface area contributed by atoms with Gasteiger partial charge in [-0.3, -0.25) is 4.79 Å². The van der Waals surface area contributed by atoms with E-state index in [4.69, 9.17) is 10.5 Å². The summed E-state index contributed by atoms with van der Waals surface area (Å²) >= 11 is 0. The molecule has 0 saturated carbocycles. The molecule has 1 aromatic rings. The number of benzene rings is 1. The average molecular weight is 250 g/mol. The minimum atomic E-state index is -0.502. The standard InChI is InChI=1S/C14H22N2O2/c1-4-12(16-14(17)10(3)15)11-8-6-7-9-13(11)18-5-2/h6-10,12H,4-5,15H2,1-3H3,(H,16,17)/t10-,12?/m1/s1. The van der Waals surface area contributed by atoms with E-state index in [1.807, 2.05) is 38.1 Å². The van der Waals surface area contributed by atoms with Crippen molar-refractivity contribution in [2.45, 2.75) is 39.3 Å². The number of ether oxygens (including phenoxy) is 1. The maximum absolute atomic E-state index is 11.7. The van der Waals surface area contributed by atoms with E-state index in [0.29, 0.717) is 6.61 Å². The van der Waals surface area contributed by atoms with Gasteiger partial charge in [-0.15, -0.1) is 0 Å². The maximum atomic E-state index is 11.7. The van der Waals surface area contributed by atoms with Crippen LogP contribution in [0.2, 0.25) is 0 Å².